The van der Waals surface area contributed by atoms with Crippen LogP contribution in [0.15, 0.2) is 24.3 Å². The third kappa shape index (κ3) is 3.54. The van der Waals surface area contributed by atoms with Crippen molar-refractivity contribution < 1.29 is 14.7 Å². The Morgan fingerprint density at radius 1 is 1.37 bits per heavy atom. The van der Waals surface area contributed by atoms with E-state index in [1.165, 1.54) is 12.1 Å². The minimum Gasteiger partial charge on any atom is -0.478 e. The standard InChI is InChI=1S/C14H18N2O3/c1-9-5-6-12(15-8-9)13(17)16-11-4-2-3-10(7-11)14(18)19/h2-4,7,9,12,15H,5-6,8H2,1H3,(H,16,17)(H,18,19). The first-order valence-electron chi connectivity index (χ1n) is 6.44. The molecule has 0 saturated carbocycles. The highest BCUT2D eigenvalue weighted by Gasteiger charge is 2.23. The van der Waals surface area contributed by atoms with Crippen LogP contribution in [-0.4, -0.2) is 29.6 Å². The number of nitrogens with one attached hydrogen (secondary N) is 2. The third-order valence-electron chi connectivity index (χ3n) is 3.35. The summed E-state index contributed by atoms with van der Waals surface area (Å²) in [4.78, 5) is 22.9. The summed E-state index contributed by atoms with van der Waals surface area (Å²) in [5.41, 5.74) is 0.688. The molecule has 102 valence electrons. The van der Waals surface area contributed by atoms with Crippen molar-refractivity contribution in [2.45, 2.75) is 25.8 Å². The van der Waals surface area contributed by atoms with E-state index in [0.29, 0.717) is 11.6 Å². The molecule has 0 spiro atoms. The van der Waals surface area contributed by atoms with Gasteiger partial charge in [0.1, 0.15) is 0 Å². The highest BCUT2D eigenvalue weighted by molar-refractivity contribution is 5.96. The van der Waals surface area contributed by atoms with Gasteiger partial charge < -0.3 is 15.7 Å². The van der Waals surface area contributed by atoms with Crippen molar-refractivity contribution in [3.8, 4) is 0 Å². The molecule has 1 aromatic carbocycles. The summed E-state index contributed by atoms with van der Waals surface area (Å²) >= 11 is 0. The summed E-state index contributed by atoms with van der Waals surface area (Å²) < 4.78 is 0. The zero-order valence-corrected chi connectivity index (χ0v) is 10.8. The van der Waals surface area contributed by atoms with Crippen molar-refractivity contribution >= 4 is 17.6 Å². The zero-order valence-electron chi connectivity index (χ0n) is 10.8. The van der Waals surface area contributed by atoms with E-state index in [1.807, 2.05) is 0 Å². The van der Waals surface area contributed by atoms with Crippen molar-refractivity contribution in [3.63, 3.8) is 0 Å². The van der Waals surface area contributed by atoms with Crippen molar-refractivity contribution in [1.82, 2.24) is 5.32 Å². The Hall–Kier alpha value is -1.88. The van der Waals surface area contributed by atoms with Gasteiger partial charge in [-0.25, -0.2) is 4.79 Å². The first-order chi connectivity index (χ1) is 9.06. The van der Waals surface area contributed by atoms with Gasteiger partial charge in [-0.2, -0.15) is 0 Å². The number of aromatic carboxylic acids is 1. The lowest BCUT2D eigenvalue weighted by atomic mass is 9.96. The van der Waals surface area contributed by atoms with Crippen molar-refractivity contribution in [2.24, 2.45) is 5.92 Å². The van der Waals surface area contributed by atoms with E-state index in [0.717, 1.165) is 19.4 Å². The Bertz CT molecular complexity index is 479. The number of rotatable bonds is 3. The van der Waals surface area contributed by atoms with E-state index in [1.54, 1.807) is 12.1 Å². The number of carbonyl (C=O) groups is 2. The van der Waals surface area contributed by atoms with Crippen molar-refractivity contribution in [3.05, 3.63) is 29.8 Å². The quantitative estimate of drug-likeness (QED) is 0.775. The fraction of sp³-hybridized carbons (Fsp3) is 0.429. The van der Waals surface area contributed by atoms with Gasteiger partial charge >= 0.3 is 5.97 Å². The number of amides is 1. The molecule has 3 N–H and O–H groups in total. The highest BCUT2D eigenvalue weighted by Crippen LogP contribution is 2.16. The Morgan fingerprint density at radius 3 is 2.79 bits per heavy atom. The summed E-state index contributed by atoms with van der Waals surface area (Å²) in [7, 11) is 0. The van der Waals surface area contributed by atoms with E-state index in [-0.39, 0.29) is 17.5 Å². The SMILES string of the molecule is CC1CCC(C(=O)Nc2cccc(C(=O)O)c2)NC1. The first kappa shape index (κ1) is 13.5. The Kier molecular flexibility index (Phi) is 4.16. The summed E-state index contributed by atoms with van der Waals surface area (Å²) in [6.45, 7) is 2.99. The fourth-order valence-electron chi connectivity index (χ4n) is 2.18. The molecule has 0 aliphatic carbocycles. The zero-order chi connectivity index (χ0) is 13.8. The minimum atomic E-state index is -0.999. The first-order valence-corrected chi connectivity index (χ1v) is 6.44. The molecule has 2 atom stereocenters. The van der Waals surface area contributed by atoms with Crippen LogP contribution in [-0.2, 0) is 4.79 Å². The number of hydrogen-bond acceptors (Lipinski definition) is 3. The molecule has 0 radical (unpaired) electrons. The van der Waals surface area contributed by atoms with E-state index in [4.69, 9.17) is 5.11 Å². The number of carboxylic acid groups (broad SMARTS) is 1. The molecule has 1 amide bonds. The summed E-state index contributed by atoms with van der Waals surface area (Å²) in [6.07, 6.45) is 1.84. The normalized spacial score (nSPS) is 22.8. The second-order valence-electron chi connectivity index (χ2n) is 5.02. The number of anilines is 1. The van der Waals surface area contributed by atoms with E-state index in [2.05, 4.69) is 17.6 Å². The van der Waals surface area contributed by atoms with Crippen LogP contribution in [0.1, 0.15) is 30.1 Å². The van der Waals surface area contributed by atoms with Crippen LogP contribution in [0.25, 0.3) is 0 Å². The van der Waals surface area contributed by atoms with Gasteiger partial charge in [0.25, 0.3) is 0 Å². The Balaban J connectivity index is 1.98. The topological polar surface area (TPSA) is 78.4 Å². The van der Waals surface area contributed by atoms with Gasteiger partial charge in [-0.3, -0.25) is 4.79 Å². The maximum atomic E-state index is 12.0. The van der Waals surface area contributed by atoms with Crippen LogP contribution < -0.4 is 10.6 Å². The van der Waals surface area contributed by atoms with Crippen LogP contribution in [0.4, 0.5) is 5.69 Å². The number of benzene rings is 1. The van der Waals surface area contributed by atoms with Crippen molar-refractivity contribution in [2.75, 3.05) is 11.9 Å². The second kappa shape index (κ2) is 5.84. The number of hydrogen-bond donors (Lipinski definition) is 3. The second-order valence-corrected chi connectivity index (χ2v) is 5.02. The fourth-order valence-corrected chi connectivity index (χ4v) is 2.18. The molecule has 2 unspecified atom stereocenters. The molecule has 1 heterocycles. The number of carboxylic acids is 1. The molecule has 0 bridgehead atoms. The molecule has 1 aromatic rings. The van der Waals surface area contributed by atoms with Gasteiger partial charge in [0.2, 0.25) is 5.91 Å². The molecule has 5 nitrogen and oxygen atoms in total. The maximum Gasteiger partial charge on any atom is 0.335 e. The van der Waals surface area contributed by atoms with E-state index in [9.17, 15) is 9.59 Å². The average Bonchev–Trinajstić information content (AvgIpc) is 2.39. The summed E-state index contributed by atoms with van der Waals surface area (Å²) in [5.74, 6) is -0.505. The van der Waals surface area contributed by atoms with Crippen LogP contribution in [0.5, 0.6) is 0 Å². The number of piperidine rings is 1. The van der Waals surface area contributed by atoms with Gasteiger partial charge in [-0.05, 0) is 43.5 Å². The molecule has 1 saturated heterocycles. The molecule has 1 fully saturated rings. The lowest BCUT2D eigenvalue weighted by Gasteiger charge is -2.26. The number of carbonyl (C=O) groups excluding carboxylic acids is 1. The van der Waals surface area contributed by atoms with Gasteiger partial charge in [0.05, 0.1) is 11.6 Å². The van der Waals surface area contributed by atoms with Gasteiger partial charge in [0, 0.05) is 5.69 Å². The molecule has 2 rings (SSSR count). The lowest BCUT2D eigenvalue weighted by Crippen LogP contribution is -2.45. The molecule has 0 aromatic heterocycles. The molecule has 1 aliphatic rings. The lowest BCUT2D eigenvalue weighted by molar-refractivity contribution is -0.118. The van der Waals surface area contributed by atoms with Crippen LogP contribution in [0.3, 0.4) is 0 Å². The third-order valence-corrected chi connectivity index (χ3v) is 3.35. The van der Waals surface area contributed by atoms with E-state index >= 15 is 0 Å². The van der Waals surface area contributed by atoms with Crippen LogP contribution in [0, 0.1) is 5.92 Å². The largest absolute Gasteiger partial charge is 0.478 e. The monoisotopic (exact) mass is 262 g/mol. The van der Waals surface area contributed by atoms with E-state index < -0.39 is 5.97 Å². The Labute approximate surface area is 112 Å². The highest BCUT2D eigenvalue weighted by atomic mass is 16.4. The predicted octanol–water partition coefficient (Wildman–Crippen LogP) is 1.71. The summed E-state index contributed by atoms with van der Waals surface area (Å²) in [6, 6.07) is 6.08. The van der Waals surface area contributed by atoms with Gasteiger partial charge in [-0.1, -0.05) is 13.0 Å². The average molecular weight is 262 g/mol. The molecular weight excluding hydrogens is 244 g/mol. The summed E-state index contributed by atoms with van der Waals surface area (Å²) in [5, 5.41) is 14.9. The van der Waals surface area contributed by atoms with Crippen molar-refractivity contribution in [1.29, 1.82) is 0 Å². The Morgan fingerprint density at radius 2 is 2.16 bits per heavy atom. The molecular formula is C14H18N2O3. The smallest absolute Gasteiger partial charge is 0.335 e. The van der Waals surface area contributed by atoms with Gasteiger partial charge in [0.15, 0.2) is 0 Å². The maximum absolute atomic E-state index is 12.0. The predicted molar refractivity (Wildman–Crippen MR) is 72.2 cm³/mol. The molecule has 1 aliphatic heterocycles. The van der Waals surface area contributed by atoms with Crippen LogP contribution >= 0.6 is 0 Å². The van der Waals surface area contributed by atoms with Crippen LogP contribution in [0.2, 0.25) is 0 Å². The molecule has 19 heavy (non-hydrogen) atoms. The van der Waals surface area contributed by atoms with Gasteiger partial charge in [-0.15, -0.1) is 0 Å². The molecule has 5 heteroatoms. The minimum absolute atomic E-state index is 0.102.